The molecule has 1 N–H and O–H groups in total. The van der Waals surface area contributed by atoms with Crippen LogP contribution in [0.5, 0.6) is 0 Å². The number of rotatable bonds is 3. The van der Waals surface area contributed by atoms with Crippen molar-refractivity contribution in [3.05, 3.63) is 23.5 Å². The topological polar surface area (TPSA) is 32.3 Å². The van der Waals surface area contributed by atoms with Gasteiger partial charge in [0.15, 0.2) is 0 Å². The van der Waals surface area contributed by atoms with Crippen molar-refractivity contribution in [2.45, 2.75) is 82.2 Å². The van der Waals surface area contributed by atoms with Gasteiger partial charge < -0.3 is 5.32 Å². The average molecular weight is 325 g/mol. The van der Waals surface area contributed by atoms with E-state index in [1.807, 2.05) is 38.7 Å². The van der Waals surface area contributed by atoms with E-state index in [0.717, 1.165) is 11.6 Å². The van der Waals surface area contributed by atoms with Gasteiger partial charge >= 0.3 is 6.03 Å². The van der Waals surface area contributed by atoms with Gasteiger partial charge in [-0.2, -0.15) is 0 Å². The van der Waals surface area contributed by atoms with E-state index >= 15 is 0 Å². The molecular weight excluding hydrogens is 284 g/mol. The number of allylic oxidation sites excluding steroid dienone is 3. The van der Waals surface area contributed by atoms with Gasteiger partial charge in [0.05, 0.1) is 0 Å². The van der Waals surface area contributed by atoms with Crippen molar-refractivity contribution in [1.29, 1.82) is 0 Å². The summed E-state index contributed by atoms with van der Waals surface area (Å²) in [5.41, 5.74) is 2.38. The number of urea groups is 1. The van der Waals surface area contributed by atoms with Gasteiger partial charge in [-0.15, -0.1) is 0 Å². The van der Waals surface area contributed by atoms with Crippen molar-refractivity contribution >= 4 is 6.03 Å². The zero-order valence-corrected chi connectivity index (χ0v) is 17.3. The maximum absolute atomic E-state index is 12.1. The smallest absolute Gasteiger partial charge is 0.314 e. The van der Waals surface area contributed by atoms with Crippen LogP contribution < -0.4 is 5.32 Å². The summed E-state index contributed by atoms with van der Waals surface area (Å²) in [7, 11) is 0. The molecule has 0 spiro atoms. The molecule has 23 heavy (non-hydrogen) atoms. The Hall–Kier alpha value is -1.25. The van der Waals surface area contributed by atoms with Gasteiger partial charge in [-0.1, -0.05) is 62.3 Å². The summed E-state index contributed by atoms with van der Waals surface area (Å²) < 4.78 is 0. The van der Waals surface area contributed by atoms with Gasteiger partial charge in [-0.05, 0) is 43.3 Å². The van der Waals surface area contributed by atoms with E-state index in [0.29, 0.717) is 11.8 Å². The molecule has 0 aromatic carbocycles. The van der Waals surface area contributed by atoms with Crippen LogP contribution in [0.3, 0.4) is 0 Å². The first-order valence-corrected chi connectivity index (χ1v) is 9.09. The second-order valence-corrected chi connectivity index (χ2v) is 7.13. The lowest BCUT2D eigenvalue weighted by Crippen LogP contribution is -2.42. The molecule has 1 rings (SSSR count). The maximum Gasteiger partial charge on any atom is 0.325 e. The Morgan fingerprint density at radius 1 is 0.870 bits per heavy atom. The van der Waals surface area contributed by atoms with Crippen LogP contribution in [0.15, 0.2) is 23.5 Å². The molecule has 1 heterocycles. The molecule has 1 aliphatic heterocycles. The number of carbonyl (C=O) groups is 1. The van der Waals surface area contributed by atoms with Crippen molar-refractivity contribution in [3.63, 3.8) is 0 Å². The Kier molecular flexibility index (Phi) is 12.7. The van der Waals surface area contributed by atoms with Crippen LogP contribution in [0, 0.1) is 17.8 Å². The Bertz CT molecular complexity index is 388. The third kappa shape index (κ3) is 8.83. The van der Waals surface area contributed by atoms with Gasteiger partial charge in [-0.25, -0.2) is 4.79 Å². The summed E-state index contributed by atoms with van der Waals surface area (Å²) in [6, 6.07) is 0.136. The highest BCUT2D eigenvalue weighted by Crippen LogP contribution is 2.28. The van der Waals surface area contributed by atoms with Crippen molar-refractivity contribution in [2.75, 3.05) is 0 Å². The molecule has 3 nitrogen and oxygen atoms in total. The number of hydrogen-bond acceptors (Lipinski definition) is 1. The first-order valence-electron chi connectivity index (χ1n) is 9.09. The lowest BCUT2D eigenvalue weighted by atomic mass is 9.94. The summed E-state index contributed by atoms with van der Waals surface area (Å²) in [6.07, 6.45) is 3.78. The maximum atomic E-state index is 12.1. The van der Waals surface area contributed by atoms with Crippen LogP contribution in [-0.2, 0) is 0 Å². The van der Waals surface area contributed by atoms with Gasteiger partial charge in [-0.3, -0.25) is 4.90 Å². The number of nitrogens with one attached hydrogen (secondary N) is 1. The quantitative estimate of drug-likeness (QED) is 0.659. The second-order valence-electron chi connectivity index (χ2n) is 7.13. The predicted molar refractivity (Wildman–Crippen MR) is 103 cm³/mol. The fraction of sp³-hybridized carbons (Fsp3) is 0.750. The molecule has 0 aromatic rings. The molecule has 0 saturated heterocycles. The summed E-state index contributed by atoms with van der Waals surface area (Å²) in [5.74, 6) is 1.58. The number of nitrogens with zero attached hydrogens (tertiary/aromatic N) is 1. The molecule has 0 aliphatic carbocycles. The molecule has 0 saturated carbocycles. The minimum atomic E-state index is -0.0319. The highest BCUT2D eigenvalue weighted by atomic mass is 16.2. The Balaban J connectivity index is 0. The van der Waals surface area contributed by atoms with E-state index in [9.17, 15) is 4.79 Å². The molecule has 1 aliphatic rings. The first-order chi connectivity index (χ1) is 10.6. The van der Waals surface area contributed by atoms with E-state index in [1.54, 1.807) is 6.20 Å². The Labute approximate surface area is 145 Å². The zero-order chi connectivity index (χ0) is 18.7. The van der Waals surface area contributed by atoms with Crippen LogP contribution in [0.25, 0.3) is 0 Å². The highest BCUT2D eigenvalue weighted by molar-refractivity contribution is 5.78. The van der Waals surface area contributed by atoms with Crippen molar-refractivity contribution in [1.82, 2.24) is 10.2 Å². The molecule has 0 aromatic heterocycles. The first kappa shape index (κ1) is 24.0. The van der Waals surface area contributed by atoms with Crippen molar-refractivity contribution < 1.29 is 4.79 Å². The fourth-order valence-corrected chi connectivity index (χ4v) is 2.22. The van der Waals surface area contributed by atoms with Gasteiger partial charge in [0.2, 0.25) is 0 Å². The van der Waals surface area contributed by atoms with E-state index in [-0.39, 0.29) is 12.1 Å². The van der Waals surface area contributed by atoms with Crippen LogP contribution in [-0.4, -0.2) is 17.0 Å². The van der Waals surface area contributed by atoms with Crippen LogP contribution in [0.2, 0.25) is 0 Å². The number of amides is 2. The Morgan fingerprint density at radius 3 is 1.61 bits per heavy atom. The monoisotopic (exact) mass is 324 g/mol. The number of hydrogen-bond donors (Lipinski definition) is 1. The lowest BCUT2D eigenvalue weighted by molar-refractivity contribution is 0.198. The third-order valence-corrected chi connectivity index (χ3v) is 2.93. The molecule has 3 heteroatoms. The molecule has 0 bridgehead atoms. The normalized spacial score (nSPS) is 14.6. The van der Waals surface area contributed by atoms with E-state index in [1.165, 1.54) is 5.57 Å². The van der Waals surface area contributed by atoms with Gasteiger partial charge in [0.25, 0.3) is 0 Å². The van der Waals surface area contributed by atoms with E-state index < -0.39 is 0 Å². The molecule has 2 amide bonds. The van der Waals surface area contributed by atoms with E-state index in [2.05, 4.69) is 53.8 Å². The summed E-state index contributed by atoms with van der Waals surface area (Å²) >= 11 is 0. The molecule has 0 atom stereocenters. The molecule has 136 valence electrons. The largest absolute Gasteiger partial charge is 0.325 e. The van der Waals surface area contributed by atoms with Crippen molar-refractivity contribution in [2.24, 2.45) is 17.8 Å². The molecular formula is C20H40N2O. The minimum absolute atomic E-state index is 0.0319. The summed E-state index contributed by atoms with van der Waals surface area (Å²) in [4.78, 5) is 13.9. The molecule has 0 radical (unpaired) electrons. The van der Waals surface area contributed by atoms with Crippen LogP contribution >= 0.6 is 0 Å². The van der Waals surface area contributed by atoms with Crippen LogP contribution in [0.4, 0.5) is 4.79 Å². The number of carbonyl (C=O) groups excluding carboxylic acids is 1. The molecule has 0 fully saturated rings. The SMILES string of the molecule is CC.CC(C)C.CC(C)C1=C(C(C)C)N(C(C)C)C(=O)NC=C1. The second kappa shape index (κ2) is 12.2. The third-order valence-electron chi connectivity index (χ3n) is 2.93. The highest BCUT2D eigenvalue weighted by Gasteiger charge is 2.27. The minimum Gasteiger partial charge on any atom is -0.314 e. The van der Waals surface area contributed by atoms with E-state index in [4.69, 9.17) is 0 Å². The van der Waals surface area contributed by atoms with Crippen LogP contribution in [0.1, 0.15) is 76.2 Å². The fourth-order valence-electron chi connectivity index (χ4n) is 2.22. The average Bonchev–Trinajstić information content (AvgIpc) is 2.59. The standard InChI is InChI=1S/C14H24N2O.C4H10.C2H6/c1-9(2)12-7-8-15-14(17)16(11(5)6)13(12)10(3)4;1-4(2)3;1-2/h7-11H,1-6H3,(H,15,17);4H,1-3H3;1-2H3. The summed E-state index contributed by atoms with van der Waals surface area (Å²) in [6.45, 7) is 23.2. The van der Waals surface area contributed by atoms with Gasteiger partial charge in [0.1, 0.15) is 0 Å². The van der Waals surface area contributed by atoms with Gasteiger partial charge in [0, 0.05) is 17.9 Å². The van der Waals surface area contributed by atoms with Crippen molar-refractivity contribution in [3.8, 4) is 0 Å². The Morgan fingerprint density at radius 2 is 1.30 bits per heavy atom. The lowest BCUT2D eigenvalue weighted by Gasteiger charge is -2.32. The zero-order valence-electron chi connectivity index (χ0n) is 17.3. The molecule has 0 unspecified atom stereocenters. The summed E-state index contributed by atoms with van der Waals surface area (Å²) in [5, 5.41) is 2.81. The predicted octanol–water partition coefficient (Wildman–Crippen LogP) is 6.19.